The predicted octanol–water partition coefficient (Wildman–Crippen LogP) is 5.06. The van der Waals surface area contributed by atoms with E-state index in [-0.39, 0.29) is 5.91 Å². The van der Waals surface area contributed by atoms with Crippen molar-refractivity contribution >= 4 is 45.6 Å². The van der Waals surface area contributed by atoms with Gasteiger partial charge in [-0.2, -0.15) is 16.4 Å². The van der Waals surface area contributed by atoms with Crippen LogP contribution in [0.3, 0.4) is 0 Å². The number of hydrogen-bond donors (Lipinski definition) is 1. The molecule has 136 valence electrons. The number of nitrogens with one attached hydrogen (secondary N) is 1. The molecule has 0 aliphatic carbocycles. The van der Waals surface area contributed by atoms with Gasteiger partial charge in [-0.25, -0.2) is 9.67 Å². The molecule has 0 saturated heterocycles. The molecule has 3 aromatic heterocycles. The second-order valence-electron chi connectivity index (χ2n) is 6.38. The zero-order valence-corrected chi connectivity index (χ0v) is 16.4. The molecule has 0 atom stereocenters. The fraction of sp³-hybridized carbons (Fsp3) is 0.150. The van der Waals surface area contributed by atoms with Gasteiger partial charge in [0.1, 0.15) is 0 Å². The molecule has 0 spiro atoms. The number of rotatable bonds is 4. The monoisotopic (exact) mass is 396 g/mol. The number of benzene rings is 1. The Bertz CT molecular complexity index is 1120. The largest absolute Gasteiger partial charge is 0.322 e. The lowest BCUT2D eigenvalue weighted by Crippen LogP contribution is -2.13. The lowest BCUT2D eigenvalue weighted by atomic mass is 10.1. The zero-order chi connectivity index (χ0) is 19.0. The molecule has 0 saturated carbocycles. The third kappa shape index (κ3) is 3.46. The Balaban J connectivity index is 1.68. The van der Waals surface area contributed by atoms with Crippen molar-refractivity contribution in [3.05, 3.63) is 74.7 Å². The average molecular weight is 397 g/mol. The maximum Gasteiger partial charge on any atom is 0.258 e. The first-order chi connectivity index (χ1) is 13.0. The lowest BCUT2D eigenvalue weighted by molar-refractivity contribution is 0.102. The fourth-order valence-electron chi connectivity index (χ4n) is 2.93. The SMILES string of the molecule is Cc1ccc(NC(=O)c2cnc3c(c(C)nn3Cc3ccsc3)c2Cl)cc1. The van der Waals surface area contributed by atoms with E-state index in [0.717, 1.165) is 16.8 Å². The smallest absolute Gasteiger partial charge is 0.258 e. The van der Waals surface area contributed by atoms with Crippen LogP contribution in [0.25, 0.3) is 11.0 Å². The summed E-state index contributed by atoms with van der Waals surface area (Å²) < 4.78 is 1.82. The van der Waals surface area contributed by atoms with Gasteiger partial charge in [0.05, 0.1) is 28.2 Å². The molecule has 7 heteroatoms. The van der Waals surface area contributed by atoms with Crippen LogP contribution in [0, 0.1) is 13.8 Å². The van der Waals surface area contributed by atoms with Gasteiger partial charge in [-0.1, -0.05) is 29.3 Å². The van der Waals surface area contributed by atoms with Crippen LogP contribution in [0.15, 0.2) is 47.3 Å². The van der Waals surface area contributed by atoms with Gasteiger partial charge in [0, 0.05) is 11.9 Å². The molecule has 1 N–H and O–H groups in total. The molecular weight excluding hydrogens is 380 g/mol. The molecule has 5 nitrogen and oxygen atoms in total. The van der Waals surface area contributed by atoms with Crippen LogP contribution in [-0.4, -0.2) is 20.7 Å². The third-order valence-corrected chi connectivity index (χ3v) is 5.46. The Hall–Kier alpha value is -2.70. The molecule has 0 aliphatic rings. The normalized spacial score (nSPS) is 11.1. The Labute approximate surface area is 165 Å². The molecule has 4 rings (SSSR count). The summed E-state index contributed by atoms with van der Waals surface area (Å²) in [6, 6.07) is 9.65. The van der Waals surface area contributed by atoms with Gasteiger partial charge in [0.25, 0.3) is 5.91 Å². The number of carbonyl (C=O) groups is 1. The summed E-state index contributed by atoms with van der Waals surface area (Å²) in [6.45, 7) is 4.49. The van der Waals surface area contributed by atoms with E-state index in [1.54, 1.807) is 11.3 Å². The second-order valence-corrected chi connectivity index (χ2v) is 7.54. The minimum atomic E-state index is -0.289. The first kappa shape index (κ1) is 17.7. The first-order valence-corrected chi connectivity index (χ1v) is 9.75. The van der Waals surface area contributed by atoms with Crippen LogP contribution in [0.2, 0.25) is 5.02 Å². The van der Waals surface area contributed by atoms with Crippen LogP contribution in [0.5, 0.6) is 0 Å². The van der Waals surface area contributed by atoms with Crippen LogP contribution in [-0.2, 0) is 6.54 Å². The summed E-state index contributed by atoms with van der Waals surface area (Å²) >= 11 is 8.22. The molecule has 27 heavy (non-hydrogen) atoms. The summed E-state index contributed by atoms with van der Waals surface area (Å²) in [6.07, 6.45) is 1.51. The van der Waals surface area contributed by atoms with E-state index in [4.69, 9.17) is 11.6 Å². The summed E-state index contributed by atoms with van der Waals surface area (Å²) in [7, 11) is 0. The van der Waals surface area contributed by atoms with Gasteiger partial charge in [0.15, 0.2) is 5.65 Å². The molecule has 0 aliphatic heterocycles. The van der Waals surface area contributed by atoms with Crippen molar-refractivity contribution in [1.82, 2.24) is 14.8 Å². The van der Waals surface area contributed by atoms with Gasteiger partial charge < -0.3 is 5.32 Å². The number of aryl methyl sites for hydroxylation is 2. The average Bonchev–Trinajstić information content (AvgIpc) is 3.26. The maximum atomic E-state index is 12.7. The highest BCUT2D eigenvalue weighted by Crippen LogP contribution is 2.29. The third-order valence-electron chi connectivity index (χ3n) is 4.34. The molecular formula is C20H17ClN4OS. The summed E-state index contributed by atoms with van der Waals surface area (Å²) in [5.41, 5.74) is 4.76. The van der Waals surface area contributed by atoms with Crippen LogP contribution in [0.1, 0.15) is 27.2 Å². The number of halogens is 1. The minimum Gasteiger partial charge on any atom is -0.322 e. The Morgan fingerprint density at radius 1 is 1.22 bits per heavy atom. The van der Waals surface area contributed by atoms with Crippen LogP contribution < -0.4 is 5.32 Å². The van der Waals surface area contributed by atoms with Crippen molar-refractivity contribution in [3.8, 4) is 0 Å². The van der Waals surface area contributed by atoms with Gasteiger partial charge in [-0.15, -0.1) is 0 Å². The second kappa shape index (κ2) is 7.13. The van der Waals surface area contributed by atoms with Gasteiger partial charge in [-0.05, 0) is 48.4 Å². The van der Waals surface area contributed by atoms with Gasteiger partial charge in [-0.3, -0.25) is 4.79 Å². The zero-order valence-electron chi connectivity index (χ0n) is 14.9. The molecule has 0 bridgehead atoms. The molecule has 0 radical (unpaired) electrons. The molecule has 1 aromatic carbocycles. The molecule has 3 heterocycles. The van der Waals surface area contributed by atoms with E-state index in [9.17, 15) is 4.79 Å². The molecule has 4 aromatic rings. The minimum absolute atomic E-state index is 0.289. The summed E-state index contributed by atoms with van der Waals surface area (Å²) in [5.74, 6) is -0.289. The Kier molecular flexibility index (Phi) is 4.68. The number of fused-ring (bicyclic) bond motifs is 1. The van der Waals surface area contributed by atoms with E-state index in [1.165, 1.54) is 6.20 Å². The highest BCUT2D eigenvalue weighted by molar-refractivity contribution is 7.07. The Morgan fingerprint density at radius 2 is 2.00 bits per heavy atom. The van der Waals surface area contributed by atoms with E-state index in [1.807, 2.05) is 48.2 Å². The van der Waals surface area contributed by atoms with Crippen molar-refractivity contribution in [3.63, 3.8) is 0 Å². The molecule has 0 unspecified atom stereocenters. The van der Waals surface area contributed by atoms with Crippen LogP contribution in [0.4, 0.5) is 5.69 Å². The van der Waals surface area contributed by atoms with E-state index >= 15 is 0 Å². The topological polar surface area (TPSA) is 59.8 Å². The number of pyridine rings is 1. The highest BCUT2D eigenvalue weighted by atomic mass is 35.5. The number of hydrogen-bond acceptors (Lipinski definition) is 4. The standard InChI is InChI=1S/C20H17ClN4OS/c1-12-3-5-15(6-4-12)23-20(26)16-9-22-19-17(18(16)21)13(2)24-25(19)10-14-7-8-27-11-14/h3-9,11H,10H2,1-2H3,(H,23,26). The number of amides is 1. The van der Waals surface area contributed by atoms with Crippen molar-refractivity contribution in [2.24, 2.45) is 0 Å². The number of aromatic nitrogens is 3. The molecule has 1 amide bonds. The van der Waals surface area contributed by atoms with Crippen LogP contribution >= 0.6 is 22.9 Å². The van der Waals surface area contributed by atoms with Crippen molar-refractivity contribution in [1.29, 1.82) is 0 Å². The van der Waals surface area contributed by atoms with E-state index in [0.29, 0.717) is 33.9 Å². The van der Waals surface area contributed by atoms with E-state index in [2.05, 4.69) is 26.8 Å². The number of nitrogens with zero attached hydrogens (tertiary/aromatic N) is 3. The Morgan fingerprint density at radius 3 is 2.70 bits per heavy atom. The van der Waals surface area contributed by atoms with Gasteiger partial charge >= 0.3 is 0 Å². The van der Waals surface area contributed by atoms with Crippen molar-refractivity contribution < 1.29 is 4.79 Å². The number of carbonyl (C=O) groups excluding carboxylic acids is 1. The lowest BCUT2D eigenvalue weighted by Gasteiger charge is -2.08. The van der Waals surface area contributed by atoms with E-state index < -0.39 is 0 Å². The summed E-state index contributed by atoms with van der Waals surface area (Å²) in [5, 5.41) is 12.6. The van der Waals surface area contributed by atoms with Gasteiger partial charge in [0.2, 0.25) is 0 Å². The predicted molar refractivity (Wildman–Crippen MR) is 110 cm³/mol. The summed E-state index contributed by atoms with van der Waals surface area (Å²) in [4.78, 5) is 17.2. The quantitative estimate of drug-likeness (QED) is 0.524. The first-order valence-electron chi connectivity index (χ1n) is 8.43. The van der Waals surface area contributed by atoms with Crippen molar-refractivity contribution in [2.75, 3.05) is 5.32 Å². The fourth-order valence-corrected chi connectivity index (χ4v) is 3.95. The number of anilines is 1. The maximum absolute atomic E-state index is 12.7. The molecule has 0 fully saturated rings. The van der Waals surface area contributed by atoms with Crippen molar-refractivity contribution in [2.45, 2.75) is 20.4 Å². The number of thiophene rings is 1. The highest BCUT2D eigenvalue weighted by Gasteiger charge is 2.19.